The van der Waals surface area contributed by atoms with Gasteiger partial charge in [-0.2, -0.15) is 0 Å². The molecule has 5 heteroatoms. The summed E-state index contributed by atoms with van der Waals surface area (Å²) < 4.78 is 10.7. The highest BCUT2D eigenvalue weighted by molar-refractivity contribution is 7.98. The predicted octanol–water partition coefficient (Wildman–Crippen LogP) is 2.29. The summed E-state index contributed by atoms with van der Waals surface area (Å²) in [7, 11) is 3.31. The zero-order valence-corrected chi connectivity index (χ0v) is 13.1. The third-order valence-corrected chi connectivity index (χ3v) is 4.57. The highest BCUT2D eigenvalue weighted by atomic mass is 32.2. The van der Waals surface area contributed by atoms with Crippen LogP contribution in [0.5, 0.6) is 11.5 Å². The van der Waals surface area contributed by atoms with Crippen molar-refractivity contribution >= 4 is 11.8 Å². The molecular formula is C15H23NO3S. The Morgan fingerprint density at radius 3 is 2.45 bits per heavy atom. The molecule has 0 radical (unpaired) electrons. The second-order valence-electron chi connectivity index (χ2n) is 5.14. The fourth-order valence-electron chi connectivity index (χ4n) is 2.51. The number of hydrogen-bond donors (Lipinski definition) is 2. The van der Waals surface area contributed by atoms with Crippen molar-refractivity contribution in [2.24, 2.45) is 5.92 Å². The summed E-state index contributed by atoms with van der Waals surface area (Å²) in [6.07, 6.45) is 3.83. The summed E-state index contributed by atoms with van der Waals surface area (Å²) in [5.41, 5.74) is 1.22. The highest BCUT2D eigenvalue weighted by Crippen LogP contribution is 2.34. The highest BCUT2D eigenvalue weighted by Gasteiger charge is 2.26. The molecule has 0 spiro atoms. The summed E-state index contributed by atoms with van der Waals surface area (Å²) in [4.78, 5) is 1.20. The number of hydrogen-bond acceptors (Lipinski definition) is 5. The van der Waals surface area contributed by atoms with Gasteiger partial charge in [-0.25, -0.2) is 0 Å². The zero-order chi connectivity index (χ0) is 14.5. The van der Waals surface area contributed by atoms with Crippen LogP contribution < -0.4 is 14.8 Å². The molecule has 0 saturated heterocycles. The summed E-state index contributed by atoms with van der Waals surface area (Å²) in [5, 5.41) is 12.7. The van der Waals surface area contributed by atoms with E-state index in [2.05, 4.69) is 11.6 Å². The Kier molecular flexibility index (Phi) is 5.57. The molecule has 2 N–H and O–H groups in total. The van der Waals surface area contributed by atoms with Crippen molar-refractivity contribution in [3.63, 3.8) is 0 Å². The Morgan fingerprint density at radius 1 is 1.25 bits per heavy atom. The number of aliphatic hydroxyl groups is 1. The Bertz CT molecular complexity index is 447. The van der Waals surface area contributed by atoms with Gasteiger partial charge in [0.25, 0.3) is 0 Å². The quantitative estimate of drug-likeness (QED) is 0.756. The van der Waals surface area contributed by atoms with Crippen LogP contribution >= 0.6 is 11.8 Å². The third kappa shape index (κ3) is 3.59. The molecule has 1 aliphatic rings. The van der Waals surface area contributed by atoms with Gasteiger partial charge in [-0.05, 0) is 49.3 Å². The maximum atomic E-state index is 9.28. The van der Waals surface area contributed by atoms with Crippen molar-refractivity contribution in [3.05, 3.63) is 17.7 Å². The number of rotatable bonds is 7. The standard InChI is InChI=1S/C15H23NO3S/c1-18-13-6-11(15(20-3)7-14(13)19-2)9-16-8-10-4-12(17)5-10/h6-7,10,12,16-17H,4-5,8-9H2,1-3H3. The lowest BCUT2D eigenvalue weighted by Gasteiger charge is -2.31. The molecule has 0 bridgehead atoms. The molecule has 0 unspecified atom stereocenters. The van der Waals surface area contributed by atoms with Crippen LogP contribution in [0.4, 0.5) is 0 Å². The largest absolute Gasteiger partial charge is 0.493 e. The number of thioether (sulfide) groups is 1. The van der Waals surface area contributed by atoms with Crippen molar-refractivity contribution in [3.8, 4) is 11.5 Å². The van der Waals surface area contributed by atoms with Gasteiger partial charge in [0.05, 0.1) is 20.3 Å². The zero-order valence-electron chi connectivity index (χ0n) is 12.3. The lowest BCUT2D eigenvalue weighted by Crippen LogP contribution is -2.35. The SMILES string of the molecule is COc1cc(CNCC2CC(O)C2)c(SC)cc1OC. The van der Waals surface area contributed by atoms with Crippen LogP contribution in [0.1, 0.15) is 18.4 Å². The normalized spacial score (nSPS) is 21.4. The summed E-state index contributed by atoms with van der Waals surface area (Å²) in [6, 6.07) is 4.06. The molecule has 1 aromatic carbocycles. The maximum Gasteiger partial charge on any atom is 0.161 e. The Hall–Kier alpha value is -0.910. The lowest BCUT2D eigenvalue weighted by molar-refractivity contribution is 0.0429. The first kappa shape index (κ1) is 15.5. The van der Waals surface area contributed by atoms with E-state index in [0.29, 0.717) is 5.92 Å². The van der Waals surface area contributed by atoms with E-state index in [9.17, 15) is 5.11 Å². The molecule has 2 rings (SSSR count). The minimum absolute atomic E-state index is 0.0790. The van der Waals surface area contributed by atoms with Gasteiger partial charge in [-0.15, -0.1) is 11.8 Å². The van der Waals surface area contributed by atoms with Gasteiger partial charge in [0, 0.05) is 11.4 Å². The minimum atomic E-state index is -0.0790. The number of benzene rings is 1. The van der Waals surface area contributed by atoms with Crippen LogP contribution in [0.2, 0.25) is 0 Å². The first-order chi connectivity index (χ1) is 9.67. The smallest absolute Gasteiger partial charge is 0.161 e. The van der Waals surface area contributed by atoms with Crippen LogP contribution in [0.25, 0.3) is 0 Å². The molecule has 1 saturated carbocycles. The van der Waals surface area contributed by atoms with Gasteiger partial charge in [0.15, 0.2) is 11.5 Å². The van der Waals surface area contributed by atoms with Gasteiger partial charge in [-0.3, -0.25) is 0 Å². The van der Waals surface area contributed by atoms with Gasteiger partial charge < -0.3 is 19.9 Å². The molecule has 0 aromatic heterocycles. The van der Waals surface area contributed by atoms with Gasteiger partial charge in [0.1, 0.15) is 0 Å². The Balaban J connectivity index is 1.98. The first-order valence-corrected chi connectivity index (χ1v) is 8.08. The Morgan fingerprint density at radius 2 is 1.90 bits per heavy atom. The molecular weight excluding hydrogens is 274 g/mol. The number of methoxy groups -OCH3 is 2. The minimum Gasteiger partial charge on any atom is -0.493 e. The molecule has 4 nitrogen and oxygen atoms in total. The molecule has 112 valence electrons. The fourth-order valence-corrected chi connectivity index (χ4v) is 3.13. The van der Waals surface area contributed by atoms with Crippen LogP contribution in [-0.4, -0.2) is 38.2 Å². The van der Waals surface area contributed by atoms with Gasteiger partial charge in [-0.1, -0.05) is 0 Å². The van der Waals surface area contributed by atoms with E-state index < -0.39 is 0 Å². The molecule has 1 aromatic rings. The van der Waals surface area contributed by atoms with Crippen molar-refractivity contribution in [1.29, 1.82) is 0 Å². The third-order valence-electron chi connectivity index (χ3n) is 3.75. The monoisotopic (exact) mass is 297 g/mol. The maximum absolute atomic E-state index is 9.28. The summed E-state index contributed by atoms with van der Waals surface area (Å²) in [6.45, 7) is 1.77. The molecule has 0 atom stereocenters. The summed E-state index contributed by atoms with van der Waals surface area (Å²) >= 11 is 1.71. The molecule has 0 aliphatic heterocycles. The molecule has 1 aliphatic carbocycles. The molecule has 0 heterocycles. The molecule has 0 amide bonds. The predicted molar refractivity (Wildman–Crippen MR) is 81.8 cm³/mol. The average Bonchev–Trinajstić information content (AvgIpc) is 2.44. The van der Waals surface area contributed by atoms with Gasteiger partial charge in [0.2, 0.25) is 0 Å². The van der Waals surface area contributed by atoms with Crippen LogP contribution in [0.3, 0.4) is 0 Å². The van der Waals surface area contributed by atoms with Crippen molar-refractivity contribution in [2.45, 2.75) is 30.4 Å². The van der Waals surface area contributed by atoms with Crippen molar-refractivity contribution in [2.75, 3.05) is 27.0 Å². The summed E-state index contributed by atoms with van der Waals surface area (Å²) in [5.74, 6) is 2.15. The topological polar surface area (TPSA) is 50.7 Å². The number of ether oxygens (including phenoxy) is 2. The van der Waals surface area contributed by atoms with Crippen LogP contribution in [-0.2, 0) is 6.54 Å². The van der Waals surface area contributed by atoms with E-state index in [1.54, 1.807) is 26.0 Å². The van der Waals surface area contributed by atoms with Crippen molar-refractivity contribution < 1.29 is 14.6 Å². The van der Waals surface area contributed by atoms with Crippen molar-refractivity contribution in [1.82, 2.24) is 5.32 Å². The van der Waals surface area contributed by atoms with E-state index >= 15 is 0 Å². The van der Waals surface area contributed by atoms with E-state index in [0.717, 1.165) is 37.4 Å². The van der Waals surface area contributed by atoms with E-state index in [1.807, 2.05) is 12.1 Å². The van der Waals surface area contributed by atoms with Gasteiger partial charge >= 0.3 is 0 Å². The number of nitrogens with one attached hydrogen (secondary N) is 1. The average molecular weight is 297 g/mol. The number of aliphatic hydroxyl groups excluding tert-OH is 1. The second-order valence-corrected chi connectivity index (χ2v) is 5.99. The molecule has 1 fully saturated rings. The Labute approximate surface area is 124 Å². The lowest BCUT2D eigenvalue weighted by atomic mass is 9.82. The van der Waals surface area contributed by atoms with E-state index in [1.165, 1.54) is 10.5 Å². The second kappa shape index (κ2) is 7.20. The van der Waals surface area contributed by atoms with Crippen LogP contribution in [0, 0.1) is 5.92 Å². The first-order valence-electron chi connectivity index (χ1n) is 6.85. The van der Waals surface area contributed by atoms with E-state index in [4.69, 9.17) is 9.47 Å². The van der Waals surface area contributed by atoms with E-state index in [-0.39, 0.29) is 6.10 Å². The fraction of sp³-hybridized carbons (Fsp3) is 0.600. The molecule has 20 heavy (non-hydrogen) atoms. The van der Waals surface area contributed by atoms with Crippen LogP contribution in [0.15, 0.2) is 17.0 Å².